The largest absolute Gasteiger partial charge is 0.497 e. The molecular formula is C16H28O2. The van der Waals surface area contributed by atoms with Crippen LogP contribution in [0.4, 0.5) is 0 Å². The summed E-state index contributed by atoms with van der Waals surface area (Å²) in [5.74, 6) is 0.926. The summed E-state index contributed by atoms with van der Waals surface area (Å²) >= 11 is 0. The van der Waals surface area contributed by atoms with E-state index in [2.05, 4.69) is 13.8 Å². The Labute approximate surface area is 112 Å². The van der Waals surface area contributed by atoms with Gasteiger partial charge in [-0.05, 0) is 37.5 Å². The molecule has 0 fully saturated rings. The van der Waals surface area contributed by atoms with E-state index < -0.39 is 0 Å². The van der Waals surface area contributed by atoms with Gasteiger partial charge < -0.3 is 9.47 Å². The fourth-order valence-corrected chi connectivity index (χ4v) is 1.34. The van der Waals surface area contributed by atoms with E-state index in [1.807, 2.05) is 31.2 Å². The van der Waals surface area contributed by atoms with Gasteiger partial charge in [0.05, 0.1) is 7.11 Å². The highest BCUT2D eigenvalue weighted by Gasteiger charge is 1.86. The Kier molecular flexibility index (Phi) is 11.7. The molecule has 0 saturated heterocycles. The van der Waals surface area contributed by atoms with Crippen LogP contribution in [0.2, 0.25) is 0 Å². The van der Waals surface area contributed by atoms with Crippen LogP contribution in [0.15, 0.2) is 24.3 Å². The molecule has 2 heteroatoms. The Morgan fingerprint density at radius 3 is 2.00 bits per heavy atom. The molecule has 0 heterocycles. The molecule has 0 atom stereocenters. The molecule has 0 amide bonds. The van der Waals surface area contributed by atoms with Crippen molar-refractivity contribution in [2.45, 2.75) is 46.5 Å². The van der Waals surface area contributed by atoms with Crippen LogP contribution in [0.5, 0.6) is 5.75 Å². The van der Waals surface area contributed by atoms with E-state index in [1.54, 1.807) is 7.11 Å². The van der Waals surface area contributed by atoms with E-state index in [4.69, 9.17) is 9.47 Å². The molecule has 104 valence electrons. The van der Waals surface area contributed by atoms with Crippen molar-refractivity contribution in [1.29, 1.82) is 0 Å². The van der Waals surface area contributed by atoms with Gasteiger partial charge in [-0.2, -0.15) is 0 Å². The average molecular weight is 252 g/mol. The molecule has 1 aromatic carbocycles. The van der Waals surface area contributed by atoms with E-state index in [9.17, 15) is 0 Å². The first-order valence-corrected chi connectivity index (χ1v) is 6.93. The van der Waals surface area contributed by atoms with Crippen LogP contribution in [-0.4, -0.2) is 20.3 Å². The minimum atomic E-state index is 0.926. The number of aryl methyl sites for hydroxylation is 1. The highest BCUT2D eigenvalue weighted by atomic mass is 16.5. The van der Waals surface area contributed by atoms with Crippen molar-refractivity contribution in [3.63, 3.8) is 0 Å². The summed E-state index contributed by atoms with van der Waals surface area (Å²) < 4.78 is 10.3. The second kappa shape index (κ2) is 12.4. The van der Waals surface area contributed by atoms with E-state index in [1.165, 1.54) is 31.2 Å². The number of rotatable bonds is 7. The van der Waals surface area contributed by atoms with E-state index >= 15 is 0 Å². The Bertz CT molecular complexity index is 278. The number of methoxy groups -OCH3 is 1. The monoisotopic (exact) mass is 252 g/mol. The molecule has 0 spiro atoms. The quantitative estimate of drug-likeness (QED) is 0.660. The van der Waals surface area contributed by atoms with Crippen LogP contribution in [0.1, 0.15) is 45.1 Å². The number of benzene rings is 1. The molecule has 18 heavy (non-hydrogen) atoms. The second-order valence-electron chi connectivity index (χ2n) is 4.34. The molecule has 0 N–H and O–H groups in total. The molecule has 0 radical (unpaired) electrons. The second-order valence-corrected chi connectivity index (χ2v) is 4.34. The molecule has 0 aliphatic rings. The van der Waals surface area contributed by atoms with Crippen LogP contribution >= 0.6 is 0 Å². The van der Waals surface area contributed by atoms with Gasteiger partial charge in [-0.3, -0.25) is 0 Å². The zero-order valence-electron chi connectivity index (χ0n) is 12.4. The van der Waals surface area contributed by atoms with Crippen molar-refractivity contribution >= 4 is 0 Å². The van der Waals surface area contributed by atoms with Gasteiger partial charge in [0.15, 0.2) is 0 Å². The third kappa shape index (κ3) is 10.2. The lowest BCUT2D eigenvalue weighted by atomic mass is 10.2. The summed E-state index contributed by atoms with van der Waals surface area (Å²) in [6.45, 7) is 8.32. The van der Waals surface area contributed by atoms with Gasteiger partial charge in [-0.1, -0.05) is 38.8 Å². The van der Waals surface area contributed by atoms with Gasteiger partial charge in [0, 0.05) is 13.2 Å². The summed E-state index contributed by atoms with van der Waals surface area (Å²) in [6.07, 6.45) is 4.91. The summed E-state index contributed by atoms with van der Waals surface area (Å²) in [6, 6.07) is 7.96. The molecule has 1 rings (SSSR count). The standard InChI is InChI=1S/C8H10O.C8H18O/c1-7-4-3-5-8(6-7)9-2;1-3-5-7-9-8-6-4-2/h3-6H,1-2H3;3-8H2,1-2H3. The average Bonchev–Trinajstić information content (AvgIpc) is 2.39. The molecule has 1 aromatic rings. The topological polar surface area (TPSA) is 18.5 Å². The Balaban J connectivity index is 0.000000321. The van der Waals surface area contributed by atoms with Crippen LogP contribution in [0.3, 0.4) is 0 Å². The van der Waals surface area contributed by atoms with Crippen molar-refractivity contribution in [3.8, 4) is 5.75 Å². The van der Waals surface area contributed by atoms with Crippen LogP contribution in [0, 0.1) is 6.92 Å². The van der Waals surface area contributed by atoms with Gasteiger partial charge in [0.2, 0.25) is 0 Å². The zero-order valence-corrected chi connectivity index (χ0v) is 12.4. The third-order valence-corrected chi connectivity index (χ3v) is 2.51. The van der Waals surface area contributed by atoms with Crippen LogP contribution in [0.25, 0.3) is 0 Å². The van der Waals surface area contributed by atoms with E-state index in [0.29, 0.717) is 0 Å². The lowest BCUT2D eigenvalue weighted by Crippen LogP contribution is -1.95. The molecular weight excluding hydrogens is 224 g/mol. The Morgan fingerprint density at radius 1 is 1.00 bits per heavy atom. The van der Waals surface area contributed by atoms with Crippen molar-refractivity contribution in [2.24, 2.45) is 0 Å². The number of hydrogen-bond acceptors (Lipinski definition) is 2. The predicted molar refractivity (Wildman–Crippen MR) is 78.4 cm³/mol. The molecule has 0 aromatic heterocycles. The minimum absolute atomic E-state index is 0.926. The van der Waals surface area contributed by atoms with Gasteiger partial charge in [0.1, 0.15) is 5.75 Å². The normalized spacial score (nSPS) is 9.56. The maximum atomic E-state index is 5.31. The Morgan fingerprint density at radius 2 is 1.61 bits per heavy atom. The van der Waals surface area contributed by atoms with E-state index in [-0.39, 0.29) is 0 Å². The van der Waals surface area contributed by atoms with E-state index in [0.717, 1.165) is 19.0 Å². The number of hydrogen-bond donors (Lipinski definition) is 0. The first-order chi connectivity index (χ1) is 8.74. The number of unbranched alkanes of at least 4 members (excludes halogenated alkanes) is 2. The lowest BCUT2D eigenvalue weighted by molar-refractivity contribution is 0.128. The summed E-state index contributed by atoms with van der Waals surface area (Å²) in [5.41, 5.74) is 1.23. The Hall–Kier alpha value is -1.02. The fraction of sp³-hybridized carbons (Fsp3) is 0.625. The number of ether oxygens (including phenoxy) is 2. The van der Waals surface area contributed by atoms with Gasteiger partial charge in [-0.15, -0.1) is 0 Å². The first-order valence-electron chi connectivity index (χ1n) is 6.93. The predicted octanol–water partition coefficient (Wildman–Crippen LogP) is 4.61. The smallest absolute Gasteiger partial charge is 0.119 e. The third-order valence-electron chi connectivity index (χ3n) is 2.51. The maximum absolute atomic E-state index is 5.31. The van der Waals surface area contributed by atoms with Crippen LogP contribution in [-0.2, 0) is 4.74 Å². The summed E-state index contributed by atoms with van der Waals surface area (Å²) in [7, 11) is 1.68. The van der Waals surface area contributed by atoms with Crippen molar-refractivity contribution < 1.29 is 9.47 Å². The fourth-order valence-electron chi connectivity index (χ4n) is 1.34. The molecule has 0 aliphatic carbocycles. The molecule has 0 saturated carbocycles. The summed E-state index contributed by atoms with van der Waals surface area (Å²) in [4.78, 5) is 0. The van der Waals surface area contributed by atoms with Crippen molar-refractivity contribution in [2.75, 3.05) is 20.3 Å². The van der Waals surface area contributed by atoms with Gasteiger partial charge in [-0.25, -0.2) is 0 Å². The summed E-state index contributed by atoms with van der Waals surface area (Å²) in [5, 5.41) is 0. The first kappa shape index (κ1) is 17.0. The zero-order chi connectivity index (χ0) is 13.6. The van der Waals surface area contributed by atoms with Crippen molar-refractivity contribution in [3.05, 3.63) is 29.8 Å². The van der Waals surface area contributed by atoms with Gasteiger partial charge in [0.25, 0.3) is 0 Å². The molecule has 2 nitrogen and oxygen atoms in total. The molecule has 0 aliphatic heterocycles. The molecule has 0 unspecified atom stereocenters. The maximum Gasteiger partial charge on any atom is 0.119 e. The highest BCUT2D eigenvalue weighted by Crippen LogP contribution is 2.10. The molecule has 0 bridgehead atoms. The van der Waals surface area contributed by atoms with Crippen molar-refractivity contribution in [1.82, 2.24) is 0 Å². The highest BCUT2D eigenvalue weighted by molar-refractivity contribution is 5.27. The lowest BCUT2D eigenvalue weighted by Gasteiger charge is -1.99. The SMILES string of the molecule is CCCCOCCCC.COc1cccc(C)c1. The minimum Gasteiger partial charge on any atom is -0.497 e. The van der Waals surface area contributed by atoms with Gasteiger partial charge >= 0.3 is 0 Å². The van der Waals surface area contributed by atoms with Crippen LogP contribution < -0.4 is 4.74 Å².